The second-order valence-corrected chi connectivity index (χ2v) is 6.21. The number of fused-ring (bicyclic) bond motifs is 1. The van der Waals surface area contributed by atoms with E-state index in [1.807, 2.05) is 39.0 Å². The zero-order valence-corrected chi connectivity index (χ0v) is 12.7. The Kier molecular flexibility index (Phi) is 3.54. The van der Waals surface area contributed by atoms with Crippen LogP contribution >= 0.6 is 15.9 Å². The SMILES string of the molecule is CC(C)(C)N(Cc1nc2c(Br)cccc2[nH]1)C(=O)O. The molecule has 102 valence electrons. The first-order chi connectivity index (χ1) is 8.79. The standard InChI is InChI=1S/C13H16BrN3O2/c1-13(2,3)17(12(18)19)7-10-15-9-6-4-5-8(14)11(9)16-10/h4-6H,7H2,1-3H3,(H,15,16)(H,18,19). The van der Waals surface area contributed by atoms with Crippen LogP contribution in [0.4, 0.5) is 4.79 Å². The number of benzene rings is 1. The maximum Gasteiger partial charge on any atom is 0.408 e. The third kappa shape index (κ3) is 2.89. The van der Waals surface area contributed by atoms with Crippen molar-refractivity contribution in [2.75, 3.05) is 0 Å². The molecule has 1 heterocycles. The number of rotatable bonds is 2. The average molecular weight is 326 g/mol. The summed E-state index contributed by atoms with van der Waals surface area (Å²) in [5, 5.41) is 9.27. The van der Waals surface area contributed by atoms with Crippen LogP contribution in [0.1, 0.15) is 26.6 Å². The molecule has 2 aromatic rings. The number of aromatic amines is 1. The van der Waals surface area contributed by atoms with Crippen LogP contribution in [0.15, 0.2) is 22.7 Å². The lowest BCUT2D eigenvalue weighted by Crippen LogP contribution is -2.44. The van der Waals surface area contributed by atoms with E-state index in [4.69, 9.17) is 0 Å². The van der Waals surface area contributed by atoms with Crippen molar-refractivity contribution in [3.8, 4) is 0 Å². The lowest BCUT2D eigenvalue weighted by Gasteiger charge is -2.32. The molecule has 19 heavy (non-hydrogen) atoms. The molecule has 0 saturated heterocycles. The first-order valence-corrected chi connectivity index (χ1v) is 6.72. The van der Waals surface area contributed by atoms with Crippen LogP contribution in [0.2, 0.25) is 0 Å². The fraction of sp³-hybridized carbons (Fsp3) is 0.385. The number of nitrogens with zero attached hydrogens (tertiary/aromatic N) is 2. The Balaban J connectivity index is 2.35. The number of carboxylic acid groups (broad SMARTS) is 1. The predicted molar refractivity (Wildman–Crippen MR) is 77.1 cm³/mol. The van der Waals surface area contributed by atoms with E-state index in [9.17, 15) is 9.90 Å². The third-order valence-corrected chi connectivity index (χ3v) is 3.50. The molecule has 0 saturated carbocycles. The second kappa shape index (κ2) is 4.85. The topological polar surface area (TPSA) is 69.2 Å². The minimum Gasteiger partial charge on any atom is -0.465 e. The van der Waals surface area contributed by atoms with Crippen molar-refractivity contribution < 1.29 is 9.90 Å². The smallest absolute Gasteiger partial charge is 0.408 e. The van der Waals surface area contributed by atoms with Crippen molar-refractivity contribution in [1.29, 1.82) is 0 Å². The number of para-hydroxylation sites is 1. The Morgan fingerprint density at radius 3 is 2.68 bits per heavy atom. The molecule has 1 aromatic heterocycles. The van der Waals surface area contributed by atoms with E-state index in [1.54, 1.807) is 0 Å². The first-order valence-electron chi connectivity index (χ1n) is 5.92. The maximum atomic E-state index is 11.3. The summed E-state index contributed by atoms with van der Waals surface area (Å²) in [6, 6.07) is 5.73. The summed E-state index contributed by atoms with van der Waals surface area (Å²) in [5.74, 6) is 0.638. The van der Waals surface area contributed by atoms with Crippen LogP contribution in [-0.4, -0.2) is 31.6 Å². The second-order valence-electron chi connectivity index (χ2n) is 5.36. The molecule has 2 N–H and O–H groups in total. The molecule has 6 heteroatoms. The maximum absolute atomic E-state index is 11.3. The Bertz CT molecular complexity index is 616. The lowest BCUT2D eigenvalue weighted by atomic mass is 10.1. The number of nitrogens with one attached hydrogen (secondary N) is 1. The van der Waals surface area contributed by atoms with Crippen molar-refractivity contribution >= 4 is 33.1 Å². The number of hydrogen-bond donors (Lipinski definition) is 2. The Morgan fingerprint density at radius 2 is 2.16 bits per heavy atom. The molecule has 0 bridgehead atoms. The van der Waals surface area contributed by atoms with Gasteiger partial charge in [-0.05, 0) is 48.8 Å². The van der Waals surface area contributed by atoms with Gasteiger partial charge in [0.25, 0.3) is 0 Å². The highest BCUT2D eigenvalue weighted by Gasteiger charge is 2.27. The molecule has 2 rings (SSSR count). The van der Waals surface area contributed by atoms with Gasteiger partial charge < -0.3 is 10.1 Å². The van der Waals surface area contributed by atoms with Crippen molar-refractivity contribution in [3.05, 3.63) is 28.5 Å². The summed E-state index contributed by atoms with van der Waals surface area (Å²) >= 11 is 3.43. The van der Waals surface area contributed by atoms with Gasteiger partial charge in [-0.15, -0.1) is 0 Å². The molecule has 5 nitrogen and oxygen atoms in total. The van der Waals surface area contributed by atoms with E-state index >= 15 is 0 Å². The van der Waals surface area contributed by atoms with Crippen LogP contribution in [0.3, 0.4) is 0 Å². The van der Waals surface area contributed by atoms with E-state index in [0.717, 1.165) is 15.5 Å². The number of aromatic nitrogens is 2. The summed E-state index contributed by atoms with van der Waals surface area (Å²) in [6.07, 6.45) is -0.952. The molecule has 0 atom stereocenters. The zero-order chi connectivity index (χ0) is 14.2. The van der Waals surface area contributed by atoms with Crippen molar-refractivity contribution in [2.45, 2.75) is 32.9 Å². The van der Waals surface area contributed by atoms with Gasteiger partial charge in [-0.25, -0.2) is 9.78 Å². The van der Waals surface area contributed by atoms with E-state index in [2.05, 4.69) is 25.9 Å². The number of H-pyrrole nitrogens is 1. The molecule has 0 spiro atoms. The van der Waals surface area contributed by atoms with Crippen molar-refractivity contribution in [3.63, 3.8) is 0 Å². The molecular weight excluding hydrogens is 310 g/mol. The molecule has 0 unspecified atom stereocenters. The van der Waals surface area contributed by atoms with Gasteiger partial charge >= 0.3 is 6.09 Å². The molecule has 0 aliphatic rings. The minimum absolute atomic E-state index is 0.236. The van der Waals surface area contributed by atoms with E-state index in [-0.39, 0.29) is 6.54 Å². The summed E-state index contributed by atoms with van der Waals surface area (Å²) in [6.45, 7) is 5.82. The van der Waals surface area contributed by atoms with Gasteiger partial charge in [0, 0.05) is 10.0 Å². The van der Waals surface area contributed by atoms with E-state index in [0.29, 0.717) is 5.82 Å². The van der Waals surface area contributed by atoms with Crippen molar-refractivity contribution in [2.24, 2.45) is 0 Å². The lowest BCUT2D eigenvalue weighted by molar-refractivity contribution is 0.0940. The van der Waals surface area contributed by atoms with E-state index < -0.39 is 11.6 Å². The molecule has 0 aliphatic heterocycles. The Hall–Kier alpha value is -1.56. The highest BCUT2D eigenvalue weighted by atomic mass is 79.9. The normalized spacial score (nSPS) is 11.8. The predicted octanol–water partition coefficient (Wildman–Crippen LogP) is 3.60. The molecule has 0 fully saturated rings. The number of carbonyl (C=O) groups is 1. The average Bonchev–Trinajstić information content (AvgIpc) is 2.68. The largest absolute Gasteiger partial charge is 0.465 e. The zero-order valence-electron chi connectivity index (χ0n) is 11.1. The van der Waals surface area contributed by atoms with Crippen LogP contribution in [0, 0.1) is 0 Å². The van der Waals surface area contributed by atoms with Gasteiger partial charge in [-0.1, -0.05) is 6.07 Å². The first kappa shape index (κ1) is 13.9. The summed E-state index contributed by atoms with van der Waals surface area (Å²) < 4.78 is 0.894. The Labute approximate surface area is 119 Å². The number of imidazole rings is 1. The summed E-state index contributed by atoms with van der Waals surface area (Å²) in [7, 11) is 0. The van der Waals surface area contributed by atoms with Gasteiger partial charge in [0.2, 0.25) is 0 Å². The minimum atomic E-state index is -0.952. The quantitative estimate of drug-likeness (QED) is 0.886. The van der Waals surface area contributed by atoms with Crippen LogP contribution in [0.25, 0.3) is 11.0 Å². The molecular formula is C13H16BrN3O2. The van der Waals surface area contributed by atoms with Gasteiger partial charge in [-0.2, -0.15) is 0 Å². The number of halogens is 1. The van der Waals surface area contributed by atoms with Gasteiger partial charge in [-0.3, -0.25) is 4.90 Å². The van der Waals surface area contributed by atoms with Crippen LogP contribution in [-0.2, 0) is 6.54 Å². The third-order valence-electron chi connectivity index (χ3n) is 2.86. The highest BCUT2D eigenvalue weighted by molar-refractivity contribution is 9.10. The monoisotopic (exact) mass is 325 g/mol. The van der Waals surface area contributed by atoms with Gasteiger partial charge in [0.15, 0.2) is 0 Å². The summed E-state index contributed by atoms with van der Waals surface area (Å²) in [5.41, 5.74) is 1.24. The number of hydrogen-bond acceptors (Lipinski definition) is 2. The van der Waals surface area contributed by atoms with Gasteiger partial charge in [0.1, 0.15) is 11.3 Å². The highest BCUT2D eigenvalue weighted by Crippen LogP contribution is 2.23. The Morgan fingerprint density at radius 1 is 1.47 bits per heavy atom. The van der Waals surface area contributed by atoms with E-state index in [1.165, 1.54) is 4.90 Å². The fourth-order valence-corrected chi connectivity index (χ4v) is 2.32. The van der Waals surface area contributed by atoms with Crippen LogP contribution < -0.4 is 0 Å². The molecule has 1 amide bonds. The fourth-order valence-electron chi connectivity index (χ4n) is 1.86. The molecule has 0 aliphatic carbocycles. The summed E-state index contributed by atoms with van der Waals surface area (Å²) in [4.78, 5) is 20.3. The van der Waals surface area contributed by atoms with Gasteiger partial charge in [0.05, 0.1) is 12.1 Å². The van der Waals surface area contributed by atoms with Crippen molar-refractivity contribution in [1.82, 2.24) is 14.9 Å². The molecule has 1 aromatic carbocycles. The molecule has 0 radical (unpaired) electrons. The number of amides is 1. The van der Waals surface area contributed by atoms with Crippen LogP contribution in [0.5, 0.6) is 0 Å².